The molecule has 0 fully saturated rings. The molecular weight excluding hydrogens is 210 g/mol. The molecule has 5 heteroatoms. The fourth-order valence-electron chi connectivity index (χ4n) is 1.38. The van der Waals surface area contributed by atoms with E-state index in [0.29, 0.717) is 5.56 Å². The molecule has 0 saturated heterocycles. The van der Waals surface area contributed by atoms with Crippen LogP contribution >= 0.6 is 0 Å². The maximum atomic E-state index is 9.68. The molecule has 4 N–H and O–H groups in total. The van der Waals surface area contributed by atoms with Crippen LogP contribution in [0.25, 0.3) is 0 Å². The molecule has 5 nitrogen and oxygen atoms in total. The van der Waals surface area contributed by atoms with E-state index in [2.05, 4.69) is 0 Å². The van der Waals surface area contributed by atoms with Crippen molar-refractivity contribution >= 4 is 0 Å². The third kappa shape index (κ3) is 2.37. The Labute approximate surface area is 94.4 Å². The lowest BCUT2D eigenvalue weighted by Gasteiger charge is -2.18. The van der Waals surface area contributed by atoms with E-state index in [1.165, 1.54) is 14.2 Å². The van der Waals surface area contributed by atoms with Crippen molar-refractivity contribution in [1.82, 2.24) is 0 Å². The number of methoxy groups -OCH3 is 2. The van der Waals surface area contributed by atoms with Gasteiger partial charge in [-0.15, -0.1) is 0 Å². The summed E-state index contributed by atoms with van der Waals surface area (Å²) in [5, 5.41) is 19.1. The molecular formula is C11H17NO4. The second-order valence-corrected chi connectivity index (χ2v) is 3.54. The van der Waals surface area contributed by atoms with Crippen LogP contribution in [0.5, 0.6) is 17.2 Å². The van der Waals surface area contributed by atoms with E-state index >= 15 is 0 Å². The maximum Gasteiger partial charge on any atom is 0.200 e. The first-order valence-electron chi connectivity index (χ1n) is 4.89. The van der Waals surface area contributed by atoms with Gasteiger partial charge in [-0.05, 0) is 24.6 Å². The number of hydrogen-bond acceptors (Lipinski definition) is 5. The Hall–Kier alpha value is -1.46. The zero-order chi connectivity index (χ0) is 12.3. The first-order valence-corrected chi connectivity index (χ1v) is 4.89. The van der Waals surface area contributed by atoms with Crippen molar-refractivity contribution < 1.29 is 19.7 Å². The van der Waals surface area contributed by atoms with Gasteiger partial charge >= 0.3 is 0 Å². The normalized spacial score (nSPS) is 14.3. The molecule has 0 aromatic heterocycles. The highest BCUT2D eigenvalue weighted by Gasteiger charge is 2.18. The maximum absolute atomic E-state index is 9.68. The molecule has 0 spiro atoms. The number of hydrogen-bond donors (Lipinski definition) is 3. The van der Waals surface area contributed by atoms with E-state index in [1.807, 2.05) is 0 Å². The van der Waals surface area contributed by atoms with E-state index in [-0.39, 0.29) is 17.2 Å². The number of aliphatic hydroxyl groups is 1. The van der Waals surface area contributed by atoms with Crippen molar-refractivity contribution in [3.8, 4) is 17.2 Å². The van der Waals surface area contributed by atoms with Gasteiger partial charge in [0.25, 0.3) is 0 Å². The van der Waals surface area contributed by atoms with Gasteiger partial charge in [0.05, 0.1) is 26.4 Å². The van der Waals surface area contributed by atoms with Crippen molar-refractivity contribution in [2.75, 3.05) is 14.2 Å². The molecule has 0 bridgehead atoms. The zero-order valence-corrected chi connectivity index (χ0v) is 9.60. The molecule has 1 rings (SSSR count). The van der Waals surface area contributed by atoms with Crippen LogP contribution < -0.4 is 15.2 Å². The molecule has 90 valence electrons. The molecule has 0 heterocycles. The van der Waals surface area contributed by atoms with Gasteiger partial charge in [-0.3, -0.25) is 0 Å². The minimum absolute atomic E-state index is 0.0773. The number of phenols is 1. The molecule has 0 aliphatic heterocycles. The average Bonchev–Trinajstić information content (AvgIpc) is 2.28. The SMILES string of the molecule is COc1cc([C@@H](N)[C@H](C)O)cc(OC)c1O. The summed E-state index contributed by atoms with van der Waals surface area (Å²) in [7, 11) is 2.87. The van der Waals surface area contributed by atoms with E-state index < -0.39 is 12.1 Å². The standard InChI is InChI=1S/C11H17NO4/c1-6(13)10(12)7-4-8(15-2)11(14)9(5-7)16-3/h4-6,10,13-14H,12H2,1-3H3/t6-,10-/m0/s1. The summed E-state index contributed by atoms with van der Waals surface area (Å²) in [5.41, 5.74) is 6.43. The van der Waals surface area contributed by atoms with Crippen LogP contribution in [0.3, 0.4) is 0 Å². The molecule has 2 atom stereocenters. The van der Waals surface area contributed by atoms with Gasteiger partial charge in [-0.25, -0.2) is 0 Å². The summed E-state index contributed by atoms with van der Waals surface area (Å²) >= 11 is 0. The Morgan fingerprint density at radius 3 is 1.94 bits per heavy atom. The summed E-state index contributed by atoms with van der Waals surface area (Å²) in [6.45, 7) is 1.59. The highest BCUT2D eigenvalue weighted by Crippen LogP contribution is 2.38. The minimum Gasteiger partial charge on any atom is -0.502 e. The molecule has 0 aliphatic carbocycles. The molecule has 0 unspecified atom stereocenters. The van der Waals surface area contributed by atoms with Gasteiger partial charge in [0.15, 0.2) is 11.5 Å². The number of nitrogens with two attached hydrogens (primary N) is 1. The minimum atomic E-state index is -0.695. The summed E-state index contributed by atoms with van der Waals surface area (Å²) in [5.74, 6) is 0.461. The van der Waals surface area contributed by atoms with E-state index in [0.717, 1.165) is 0 Å². The Morgan fingerprint density at radius 2 is 1.62 bits per heavy atom. The van der Waals surface area contributed by atoms with Crippen LogP contribution in [0.15, 0.2) is 12.1 Å². The Balaban J connectivity index is 3.21. The van der Waals surface area contributed by atoms with Crippen LogP contribution in [-0.2, 0) is 0 Å². The number of aliphatic hydroxyl groups excluding tert-OH is 1. The van der Waals surface area contributed by atoms with Gasteiger partial charge in [0, 0.05) is 0 Å². The predicted octanol–water partition coefficient (Wildman–Crippen LogP) is 0.790. The number of benzene rings is 1. The van der Waals surface area contributed by atoms with Gasteiger partial charge < -0.3 is 25.4 Å². The van der Waals surface area contributed by atoms with Crippen molar-refractivity contribution in [2.24, 2.45) is 5.73 Å². The van der Waals surface area contributed by atoms with Crippen molar-refractivity contribution in [2.45, 2.75) is 19.1 Å². The summed E-state index contributed by atoms with van der Waals surface area (Å²) in [6.07, 6.45) is -0.695. The topological polar surface area (TPSA) is 84.9 Å². The molecule has 0 radical (unpaired) electrons. The first kappa shape index (κ1) is 12.6. The van der Waals surface area contributed by atoms with Crippen molar-refractivity contribution in [3.63, 3.8) is 0 Å². The second-order valence-electron chi connectivity index (χ2n) is 3.54. The molecule has 0 aliphatic rings. The Kier molecular flexibility index (Phi) is 3.98. The van der Waals surface area contributed by atoms with Gasteiger partial charge in [0.2, 0.25) is 5.75 Å². The third-order valence-electron chi connectivity index (χ3n) is 2.41. The van der Waals surface area contributed by atoms with Gasteiger partial charge in [-0.2, -0.15) is 0 Å². The number of rotatable bonds is 4. The molecule has 1 aromatic carbocycles. The van der Waals surface area contributed by atoms with Crippen molar-refractivity contribution in [1.29, 1.82) is 0 Å². The zero-order valence-electron chi connectivity index (χ0n) is 9.60. The molecule has 1 aromatic rings. The monoisotopic (exact) mass is 227 g/mol. The van der Waals surface area contributed by atoms with Crippen LogP contribution in [0.1, 0.15) is 18.5 Å². The summed E-state index contributed by atoms with van der Waals surface area (Å²) in [4.78, 5) is 0. The summed E-state index contributed by atoms with van der Waals surface area (Å²) < 4.78 is 9.98. The third-order valence-corrected chi connectivity index (χ3v) is 2.41. The first-order chi connectivity index (χ1) is 7.51. The van der Waals surface area contributed by atoms with Crippen LogP contribution in [0.4, 0.5) is 0 Å². The second kappa shape index (κ2) is 5.05. The van der Waals surface area contributed by atoms with Crippen LogP contribution in [-0.4, -0.2) is 30.5 Å². The fraction of sp³-hybridized carbons (Fsp3) is 0.455. The van der Waals surface area contributed by atoms with Crippen LogP contribution in [0.2, 0.25) is 0 Å². The lowest BCUT2D eigenvalue weighted by molar-refractivity contribution is 0.164. The molecule has 16 heavy (non-hydrogen) atoms. The number of aromatic hydroxyl groups is 1. The molecule has 0 saturated carbocycles. The summed E-state index contributed by atoms with van der Waals surface area (Å²) in [6, 6.07) is 2.60. The lowest BCUT2D eigenvalue weighted by Crippen LogP contribution is -2.23. The highest BCUT2D eigenvalue weighted by molar-refractivity contribution is 5.53. The largest absolute Gasteiger partial charge is 0.502 e. The molecule has 0 amide bonds. The van der Waals surface area contributed by atoms with E-state index in [4.69, 9.17) is 15.2 Å². The van der Waals surface area contributed by atoms with Gasteiger partial charge in [-0.1, -0.05) is 0 Å². The average molecular weight is 227 g/mol. The lowest BCUT2D eigenvalue weighted by atomic mass is 10.0. The Morgan fingerprint density at radius 1 is 1.19 bits per heavy atom. The van der Waals surface area contributed by atoms with E-state index in [9.17, 15) is 10.2 Å². The number of ether oxygens (including phenoxy) is 2. The predicted molar refractivity (Wildman–Crippen MR) is 59.8 cm³/mol. The highest BCUT2D eigenvalue weighted by atomic mass is 16.5. The quantitative estimate of drug-likeness (QED) is 0.708. The van der Waals surface area contributed by atoms with Crippen molar-refractivity contribution in [3.05, 3.63) is 17.7 Å². The Bertz CT molecular complexity index is 340. The number of phenolic OH excluding ortho intramolecular Hbond substituents is 1. The van der Waals surface area contributed by atoms with Crippen LogP contribution in [0, 0.1) is 0 Å². The fourth-order valence-corrected chi connectivity index (χ4v) is 1.38. The van der Waals surface area contributed by atoms with E-state index in [1.54, 1.807) is 19.1 Å². The van der Waals surface area contributed by atoms with Gasteiger partial charge in [0.1, 0.15) is 0 Å². The smallest absolute Gasteiger partial charge is 0.200 e.